The van der Waals surface area contributed by atoms with Crippen LogP contribution in [0, 0.1) is 0 Å². The third kappa shape index (κ3) is 3.34. The van der Waals surface area contributed by atoms with Crippen molar-refractivity contribution in [2.45, 2.75) is 6.92 Å². The molecule has 1 aliphatic rings. The van der Waals surface area contributed by atoms with Gasteiger partial charge in [0.05, 0.1) is 15.6 Å². The number of halogens is 2. The minimum atomic E-state index is -0.0867. The third-order valence-corrected chi connectivity index (χ3v) is 5.34. The van der Waals surface area contributed by atoms with Crippen molar-refractivity contribution in [3.63, 3.8) is 0 Å². The summed E-state index contributed by atoms with van der Waals surface area (Å²) in [5.74, 6) is -0.0867. The Labute approximate surface area is 154 Å². The summed E-state index contributed by atoms with van der Waals surface area (Å²) in [7, 11) is 1.70. The average molecular weight is 378 g/mol. The Hall–Kier alpha value is -1.82. The van der Waals surface area contributed by atoms with Crippen LogP contribution in [0.5, 0.6) is 0 Å². The number of thioether (sulfide) groups is 1. The molecular weight excluding hydrogens is 365 g/mol. The smallest absolute Gasteiger partial charge is 0.266 e. The van der Waals surface area contributed by atoms with Crippen molar-refractivity contribution in [1.82, 2.24) is 9.88 Å². The van der Waals surface area contributed by atoms with Gasteiger partial charge in [0.15, 0.2) is 5.17 Å². The summed E-state index contributed by atoms with van der Waals surface area (Å²) in [5, 5.41) is 1.68. The fourth-order valence-corrected chi connectivity index (χ4v) is 3.50. The van der Waals surface area contributed by atoms with Gasteiger partial charge in [-0.3, -0.25) is 14.7 Å². The molecule has 1 aliphatic heterocycles. The van der Waals surface area contributed by atoms with E-state index in [2.05, 4.69) is 9.98 Å². The van der Waals surface area contributed by atoms with E-state index in [1.165, 1.54) is 22.9 Å². The minimum absolute atomic E-state index is 0.0867. The number of amides is 1. The fourth-order valence-electron chi connectivity index (χ4n) is 2.17. The molecule has 0 N–H and O–H groups in total. The molecule has 122 valence electrons. The van der Waals surface area contributed by atoms with E-state index >= 15 is 0 Å². The number of hydrogen-bond acceptors (Lipinski definition) is 4. The van der Waals surface area contributed by atoms with Gasteiger partial charge in [0, 0.05) is 24.5 Å². The first-order valence-corrected chi connectivity index (χ1v) is 8.65. The van der Waals surface area contributed by atoms with Gasteiger partial charge in [-0.1, -0.05) is 35.3 Å². The number of nitrogens with zero attached hydrogens (tertiary/aromatic N) is 3. The number of aromatic nitrogens is 1. The number of likely N-dealkylation sites (N-methyl/N-ethyl adjacent to an activating group) is 1. The van der Waals surface area contributed by atoms with Gasteiger partial charge in [-0.25, -0.2) is 4.99 Å². The van der Waals surface area contributed by atoms with Crippen molar-refractivity contribution >= 4 is 57.3 Å². The maximum absolute atomic E-state index is 12.6. The summed E-state index contributed by atoms with van der Waals surface area (Å²) in [6.45, 7) is 1.92. The normalized spacial score (nSPS) is 18.4. The van der Waals surface area contributed by atoms with Crippen LogP contribution in [0.4, 0.5) is 5.69 Å². The van der Waals surface area contributed by atoms with E-state index in [-0.39, 0.29) is 5.91 Å². The summed E-state index contributed by atoms with van der Waals surface area (Å²) in [6, 6.07) is 9.11. The molecule has 0 spiro atoms. The van der Waals surface area contributed by atoms with Gasteiger partial charge in [-0.05, 0) is 48.0 Å². The monoisotopic (exact) mass is 377 g/mol. The highest BCUT2D eigenvalue weighted by molar-refractivity contribution is 8.18. The van der Waals surface area contributed by atoms with Gasteiger partial charge in [-0.15, -0.1) is 0 Å². The van der Waals surface area contributed by atoms with Crippen molar-refractivity contribution < 1.29 is 4.79 Å². The molecule has 2 aromatic rings. The fraction of sp³-hybridized carbons (Fsp3) is 0.118. The molecular formula is C17H13Cl2N3OS. The predicted molar refractivity (Wildman–Crippen MR) is 101 cm³/mol. The van der Waals surface area contributed by atoms with E-state index in [1.54, 1.807) is 31.4 Å². The minimum Gasteiger partial charge on any atom is -0.290 e. The molecule has 1 aromatic heterocycles. The molecule has 0 bridgehead atoms. The molecule has 2 heterocycles. The first-order valence-electron chi connectivity index (χ1n) is 7.08. The van der Waals surface area contributed by atoms with Gasteiger partial charge in [0.2, 0.25) is 0 Å². The SMILES string of the molecule is C/C(=C1/SC(=Nc2ccncc2Cl)N(C)C1=O)c1ccc(Cl)cc1. The lowest BCUT2D eigenvalue weighted by Gasteiger charge is -2.08. The number of hydrogen-bond donors (Lipinski definition) is 0. The topological polar surface area (TPSA) is 45.6 Å². The zero-order valence-corrected chi connectivity index (χ0v) is 15.3. The number of rotatable bonds is 2. The van der Waals surface area contributed by atoms with Crippen LogP contribution in [0.3, 0.4) is 0 Å². The zero-order valence-electron chi connectivity index (χ0n) is 13.0. The van der Waals surface area contributed by atoms with Gasteiger partial charge >= 0.3 is 0 Å². The Morgan fingerprint density at radius 2 is 1.92 bits per heavy atom. The molecule has 7 heteroatoms. The van der Waals surface area contributed by atoms with Crippen molar-refractivity contribution in [2.75, 3.05) is 7.05 Å². The molecule has 0 radical (unpaired) electrons. The van der Waals surface area contributed by atoms with Gasteiger partial charge in [0.1, 0.15) is 0 Å². The van der Waals surface area contributed by atoms with E-state index < -0.39 is 0 Å². The Balaban J connectivity index is 1.98. The summed E-state index contributed by atoms with van der Waals surface area (Å²) in [4.78, 5) is 23.2. The molecule has 0 atom stereocenters. The van der Waals surface area contributed by atoms with Crippen molar-refractivity contribution in [1.29, 1.82) is 0 Å². The van der Waals surface area contributed by atoms with Crippen molar-refractivity contribution in [2.24, 2.45) is 4.99 Å². The Kier molecular flexibility index (Phi) is 4.94. The van der Waals surface area contributed by atoms with Gasteiger partial charge < -0.3 is 0 Å². The van der Waals surface area contributed by atoms with E-state index in [4.69, 9.17) is 23.2 Å². The van der Waals surface area contributed by atoms with Crippen molar-refractivity contribution in [3.8, 4) is 0 Å². The Bertz CT molecular complexity index is 862. The number of aliphatic imine (C=N–C) groups is 1. The van der Waals surface area contributed by atoms with E-state index in [1.807, 2.05) is 19.1 Å². The molecule has 24 heavy (non-hydrogen) atoms. The molecule has 4 nitrogen and oxygen atoms in total. The molecule has 1 fully saturated rings. The number of amidine groups is 1. The molecule has 1 saturated heterocycles. The Morgan fingerprint density at radius 1 is 1.21 bits per heavy atom. The maximum Gasteiger partial charge on any atom is 0.266 e. The van der Waals surface area contributed by atoms with Gasteiger partial charge in [-0.2, -0.15) is 0 Å². The van der Waals surface area contributed by atoms with E-state index in [0.29, 0.717) is 25.8 Å². The second-order valence-corrected chi connectivity index (χ2v) is 6.97. The van der Waals surface area contributed by atoms with Crippen LogP contribution >= 0.6 is 35.0 Å². The summed E-state index contributed by atoms with van der Waals surface area (Å²) < 4.78 is 0. The molecule has 3 rings (SSSR count). The highest BCUT2D eigenvalue weighted by Gasteiger charge is 2.32. The van der Waals surface area contributed by atoms with Gasteiger partial charge in [0.25, 0.3) is 5.91 Å². The summed E-state index contributed by atoms with van der Waals surface area (Å²) in [5.41, 5.74) is 2.42. The lowest BCUT2D eigenvalue weighted by molar-refractivity contribution is -0.121. The molecule has 0 saturated carbocycles. The maximum atomic E-state index is 12.6. The van der Waals surface area contributed by atoms with Crippen LogP contribution in [0.1, 0.15) is 12.5 Å². The third-order valence-electron chi connectivity index (χ3n) is 3.56. The second kappa shape index (κ2) is 6.97. The highest BCUT2D eigenvalue weighted by atomic mass is 35.5. The molecule has 0 unspecified atom stereocenters. The number of benzene rings is 1. The van der Waals surface area contributed by atoms with Crippen LogP contribution in [0.15, 0.2) is 52.6 Å². The highest BCUT2D eigenvalue weighted by Crippen LogP contribution is 2.37. The predicted octanol–water partition coefficient (Wildman–Crippen LogP) is 5.01. The standard InChI is InChI=1S/C17H13Cl2N3OS/c1-10(11-3-5-12(18)6-4-11)15-16(23)22(2)17(24-15)21-14-7-8-20-9-13(14)19/h3-9H,1-2H3/b15-10-,21-17?. The van der Waals surface area contributed by atoms with E-state index in [9.17, 15) is 4.79 Å². The second-order valence-electron chi connectivity index (χ2n) is 5.15. The number of allylic oxidation sites excluding steroid dienone is 1. The molecule has 0 aliphatic carbocycles. The Morgan fingerprint density at radius 3 is 2.58 bits per heavy atom. The van der Waals surface area contributed by atoms with Crippen LogP contribution in [0.25, 0.3) is 5.57 Å². The number of carbonyl (C=O) groups excluding carboxylic acids is 1. The van der Waals surface area contributed by atoms with E-state index in [0.717, 1.165) is 11.1 Å². The summed E-state index contributed by atoms with van der Waals surface area (Å²) in [6.07, 6.45) is 3.14. The zero-order chi connectivity index (χ0) is 17.3. The molecule has 1 aromatic carbocycles. The quantitative estimate of drug-likeness (QED) is 0.690. The van der Waals surface area contributed by atoms with Crippen LogP contribution in [0.2, 0.25) is 10.0 Å². The first kappa shape index (κ1) is 17.0. The van der Waals surface area contributed by atoms with Crippen LogP contribution < -0.4 is 0 Å². The van der Waals surface area contributed by atoms with Crippen LogP contribution in [-0.4, -0.2) is 28.0 Å². The summed E-state index contributed by atoms with van der Waals surface area (Å²) >= 11 is 13.3. The lowest BCUT2D eigenvalue weighted by Crippen LogP contribution is -2.23. The number of pyridine rings is 1. The average Bonchev–Trinajstić information content (AvgIpc) is 2.85. The number of carbonyl (C=O) groups is 1. The first-order chi connectivity index (χ1) is 11.5. The lowest BCUT2D eigenvalue weighted by atomic mass is 10.1. The van der Waals surface area contributed by atoms with Crippen molar-refractivity contribution in [3.05, 3.63) is 63.2 Å². The van der Waals surface area contributed by atoms with Crippen LogP contribution in [-0.2, 0) is 4.79 Å². The largest absolute Gasteiger partial charge is 0.290 e. The molecule has 1 amide bonds.